The molecular formula is C30H32Cl2N4O3. The highest BCUT2D eigenvalue weighted by molar-refractivity contribution is 6.39. The monoisotopic (exact) mass is 566 g/mol. The summed E-state index contributed by atoms with van der Waals surface area (Å²) in [6.45, 7) is 7.23. The molecule has 2 aromatic carbocycles. The molecule has 0 radical (unpaired) electrons. The van der Waals surface area contributed by atoms with E-state index in [0.29, 0.717) is 21.5 Å². The van der Waals surface area contributed by atoms with Crippen molar-refractivity contribution in [3.63, 3.8) is 0 Å². The minimum absolute atomic E-state index is 0.285. The van der Waals surface area contributed by atoms with Crippen molar-refractivity contribution in [1.29, 1.82) is 0 Å². The zero-order valence-electron chi connectivity index (χ0n) is 22.3. The second kappa shape index (κ2) is 10.2. The number of benzene rings is 2. The smallest absolute Gasteiger partial charge is 0.337 e. The van der Waals surface area contributed by atoms with Crippen LogP contribution in [0.5, 0.6) is 0 Å². The molecule has 1 unspecified atom stereocenters. The highest BCUT2D eigenvalue weighted by atomic mass is 35.5. The fourth-order valence-corrected chi connectivity index (χ4v) is 6.82. The number of halogens is 2. The third kappa shape index (κ3) is 4.81. The van der Waals surface area contributed by atoms with Crippen LogP contribution in [-0.2, 0) is 13.5 Å². The fourth-order valence-electron chi connectivity index (χ4n) is 6.25. The highest BCUT2D eigenvalue weighted by Gasteiger charge is 2.35. The Morgan fingerprint density at radius 2 is 1.79 bits per heavy atom. The Labute approximate surface area is 237 Å². The van der Waals surface area contributed by atoms with Crippen LogP contribution in [0.15, 0.2) is 47.1 Å². The van der Waals surface area contributed by atoms with Gasteiger partial charge < -0.3 is 19.1 Å². The van der Waals surface area contributed by atoms with E-state index in [1.54, 1.807) is 6.20 Å². The predicted octanol–water partition coefficient (Wildman–Crippen LogP) is 6.86. The van der Waals surface area contributed by atoms with Crippen LogP contribution in [0.25, 0.3) is 22.2 Å². The van der Waals surface area contributed by atoms with Crippen molar-refractivity contribution in [3.05, 3.63) is 69.5 Å². The number of carboxylic acid groups (broad SMARTS) is 1. The van der Waals surface area contributed by atoms with E-state index in [0.717, 1.165) is 78.1 Å². The maximum absolute atomic E-state index is 11.6. The van der Waals surface area contributed by atoms with Crippen LogP contribution in [0.3, 0.4) is 0 Å². The van der Waals surface area contributed by atoms with Gasteiger partial charge in [-0.15, -0.1) is 0 Å². The average molecular weight is 568 g/mol. The minimum Gasteiger partial charge on any atom is -0.478 e. The molecule has 2 aromatic heterocycles. The SMILES string of the molecule is CC1CN(CCc2c(-c3c(Cl)cccc3Cl)noc2C2CC2)C[C@H](C)N1c1ccc2c(C(=O)O)cn(C)c2c1. The number of carboxylic acids is 1. The van der Waals surface area contributed by atoms with E-state index in [9.17, 15) is 9.90 Å². The van der Waals surface area contributed by atoms with Crippen molar-refractivity contribution >= 4 is 45.8 Å². The van der Waals surface area contributed by atoms with E-state index >= 15 is 0 Å². The summed E-state index contributed by atoms with van der Waals surface area (Å²) in [5.41, 5.74) is 5.02. The van der Waals surface area contributed by atoms with E-state index in [1.807, 2.05) is 35.9 Å². The van der Waals surface area contributed by atoms with Crippen molar-refractivity contribution in [2.75, 3.05) is 24.5 Å². The number of anilines is 1. The average Bonchev–Trinajstić information content (AvgIpc) is 3.56. The Morgan fingerprint density at radius 3 is 2.44 bits per heavy atom. The van der Waals surface area contributed by atoms with Gasteiger partial charge in [-0.25, -0.2) is 4.79 Å². The molecule has 39 heavy (non-hydrogen) atoms. The number of rotatable bonds is 7. The molecule has 2 fully saturated rings. The Bertz CT molecular complexity index is 1530. The molecule has 0 bridgehead atoms. The molecule has 2 aliphatic rings. The van der Waals surface area contributed by atoms with Gasteiger partial charge >= 0.3 is 5.97 Å². The van der Waals surface area contributed by atoms with Crippen LogP contribution in [0, 0.1) is 0 Å². The van der Waals surface area contributed by atoms with Gasteiger partial charge in [-0.1, -0.05) is 34.4 Å². The van der Waals surface area contributed by atoms with Crippen LogP contribution < -0.4 is 4.90 Å². The topological polar surface area (TPSA) is 74.7 Å². The second-order valence-corrected chi connectivity index (χ2v) is 11.8. The van der Waals surface area contributed by atoms with Gasteiger partial charge in [0, 0.05) is 73.1 Å². The molecule has 1 N–H and O–H groups in total. The summed E-state index contributed by atoms with van der Waals surface area (Å²) in [4.78, 5) is 16.6. The lowest BCUT2D eigenvalue weighted by Crippen LogP contribution is -2.57. The van der Waals surface area contributed by atoms with Gasteiger partial charge in [0.15, 0.2) is 0 Å². The Morgan fingerprint density at radius 1 is 1.10 bits per heavy atom. The predicted molar refractivity (Wildman–Crippen MR) is 155 cm³/mol. The summed E-state index contributed by atoms with van der Waals surface area (Å²) in [6.07, 6.45) is 4.76. The summed E-state index contributed by atoms with van der Waals surface area (Å²) in [7, 11) is 1.90. The van der Waals surface area contributed by atoms with Gasteiger partial charge in [0.2, 0.25) is 0 Å². The lowest BCUT2D eigenvalue weighted by atomic mass is 10.00. The number of fused-ring (bicyclic) bond motifs is 1. The van der Waals surface area contributed by atoms with E-state index < -0.39 is 5.97 Å². The quantitative estimate of drug-likeness (QED) is 0.263. The summed E-state index contributed by atoms with van der Waals surface area (Å²) >= 11 is 13.1. The number of aromatic carboxylic acids is 1. The maximum Gasteiger partial charge on any atom is 0.337 e. The molecule has 1 saturated carbocycles. The van der Waals surface area contributed by atoms with Crippen LogP contribution in [-0.4, -0.2) is 57.4 Å². The molecular weight excluding hydrogens is 535 g/mol. The number of aromatic nitrogens is 2. The maximum atomic E-state index is 11.6. The molecule has 6 rings (SSSR count). The first kappa shape index (κ1) is 26.2. The first-order valence-corrected chi connectivity index (χ1v) is 14.2. The lowest BCUT2D eigenvalue weighted by molar-refractivity contribution is 0.0699. The van der Waals surface area contributed by atoms with Gasteiger partial charge in [-0.2, -0.15) is 0 Å². The van der Waals surface area contributed by atoms with Gasteiger partial charge in [-0.05, 0) is 63.4 Å². The molecule has 3 heterocycles. The van der Waals surface area contributed by atoms with Crippen molar-refractivity contribution in [2.45, 2.75) is 51.1 Å². The summed E-state index contributed by atoms with van der Waals surface area (Å²) < 4.78 is 7.77. The van der Waals surface area contributed by atoms with Gasteiger partial charge in [-0.3, -0.25) is 4.90 Å². The molecule has 7 nitrogen and oxygen atoms in total. The number of aryl methyl sites for hydroxylation is 1. The second-order valence-electron chi connectivity index (χ2n) is 11.0. The largest absolute Gasteiger partial charge is 0.478 e. The first-order valence-electron chi connectivity index (χ1n) is 13.5. The third-order valence-electron chi connectivity index (χ3n) is 8.14. The number of carbonyl (C=O) groups is 1. The van der Waals surface area contributed by atoms with Gasteiger partial charge in [0.25, 0.3) is 0 Å². The standard InChI is InChI=1S/C30H32Cl2N4O3/c1-17-14-35(15-18(2)36(17)20-9-10-21-23(30(37)38)16-34(3)26(21)13-20)12-11-22-28(33-39-29(22)19-7-8-19)27-24(31)5-4-6-25(27)32/h4-6,9-10,13,16-19H,7-8,11-12,14-15H2,1-3H3,(H,37,38)/t17-,18?/m0/s1. The Hall–Kier alpha value is -3.00. The molecule has 0 spiro atoms. The van der Waals surface area contributed by atoms with Gasteiger partial charge in [0.05, 0.1) is 21.1 Å². The Balaban J connectivity index is 1.21. The summed E-state index contributed by atoms with van der Waals surface area (Å²) in [5, 5.41) is 15.9. The third-order valence-corrected chi connectivity index (χ3v) is 8.77. The van der Waals surface area contributed by atoms with E-state index in [2.05, 4.69) is 40.9 Å². The molecule has 1 aliphatic carbocycles. The zero-order chi connectivity index (χ0) is 27.4. The van der Waals surface area contributed by atoms with Crippen molar-refractivity contribution in [2.24, 2.45) is 7.05 Å². The van der Waals surface area contributed by atoms with Crippen LogP contribution in [0.4, 0.5) is 5.69 Å². The molecule has 4 aromatic rings. The summed E-state index contributed by atoms with van der Waals surface area (Å²) in [6, 6.07) is 12.2. The number of hydrogen-bond donors (Lipinski definition) is 1. The molecule has 9 heteroatoms. The van der Waals surface area contributed by atoms with Crippen molar-refractivity contribution in [3.8, 4) is 11.3 Å². The van der Waals surface area contributed by atoms with E-state index in [-0.39, 0.29) is 12.1 Å². The summed E-state index contributed by atoms with van der Waals surface area (Å²) in [5.74, 6) is 0.518. The van der Waals surface area contributed by atoms with Crippen molar-refractivity contribution < 1.29 is 14.4 Å². The lowest BCUT2D eigenvalue weighted by Gasteiger charge is -2.46. The van der Waals surface area contributed by atoms with Crippen LogP contribution in [0.1, 0.15) is 54.3 Å². The molecule has 204 valence electrons. The fraction of sp³-hybridized carbons (Fsp3) is 0.400. The Kier molecular flexibility index (Phi) is 6.86. The first-order chi connectivity index (χ1) is 18.7. The molecule has 1 aliphatic heterocycles. The van der Waals surface area contributed by atoms with Crippen molar-refractivity contribution in [1.82, 2.24) is 14.6 Å². The van der Waals surface area contributed by atoms with E-state index in [4.69, 9.17) is 27.7 Å². The molecule has 0 amide bonds. The highest BCUT2D eigenvalue weighted by Crippen LogP contribution is 2.46. The molecule has 1 saturated heterocycles. The van der Waals surface area contributed by atoms with Gasteiger partial charge in [0.1, 0.15) is 11.5 Å². The normalized spacial score (nSPS) is 20.2. The van der Waals surface area contributed by atoms with E-state index in [1.165, 1.54) is 0 Å². The number of piperazine rings is 1. The number of nitrogens with zero attached hydrogens (tertiary/aromatic N) is 4. The zero-order valence-corrected chi connectivity index (χ0v) is 23.8. The van der Waals surface area contributed by atoms with Crippen LogP contribution in [0.2, 0.25) is 10.0 Å². The molecule has 2 atom stereocenters. The minimum atomic E-state index is -0.902. The van der Waals surface area contributed by atoms with Crippen LogP contribution >= 0.6 is 23.2 Å². The number of hydrogen-bond acceptors (Lipinski definition) is 5.